The lowest BCUT2D eigenvalue weighted by Gasteiger charge is -2.10. The van der Waals surface area contributed by atoms with Crippen molar-refractivity contribution in [2.24, 2.45) is 0 Å². The molecule has 0 bridgehead atoms. The van der Waals surface area contributed by atoms with E-state index in [0.717, 1.165) is 30.3 Å². The molecule has 1 aromatic carbocycles. The lowest BCUT2D eigenvalue weighted by atomic mass is 10.1. The van der Waals surface area contributed by atoms with E-state index in [1.165, 1.54) is 12.8 Å². The van der Waals surface area contributed by atoms with Gasteiger partial charge in [-0.15, -0.1) is 0 Å². The second-order valence-corrected chi connectivity index (χ2v) is 5.97. The summed E-state index contributed by atoms with van der Waals surface area (Å²) in [6.07, 6.45) is 5.34. The van der Waals surface area contributed by atoms with E-state index in [0.29, 0.717) is 12.1 Å². The molecule has 1 heterocycles. The zero-order chi connectivity index (χ0) is 16.7. The quantitative estimate of drug-likeness (QED) is 0.512. The zero-order valence-electron chi connectivity index (χ0n) is 13.8. The van der Waals surface area contributed by atoms with Gasteiger partial charge in [-0.05, 0) is 25.0 Å². The number of Topliss-reactive ketones (excluding diaryl/α,β-unsaturated/α-hetero) is 1. The van der Waals surface area contributed by atoms with Crippen molar-refractivity contribution in [1.29, 1.82) is 0 Å². The monoisotopic (exact) mass is 315 g/mol. The van der Waals surface area contributed by atoms with E-state index in [1.54, 1.807) is 0 Å². The number of hydrogen-bond donors (Lipinski definition) is 1. The van der Waals surface area contributed by atoms with Crippen LogP contribution in [0, 0.1) is 0 Å². The Bertz CT molecular complexity index is 672. The highest BCUT2D eigenvalue weighted by atomic mass is 16.4. The van der Waals surface area contributed by atoms with Crippen LogP contribution in [0.2, 0.25) is 0 Å². The Morgan fingerprint density at radius 3 is 2.57 bits per heavy atom. The molecule has 0 aliphatic rings. The number of aryl methyl sites for hydroxylation is 1. The number of carboxylic acid groups (broad SMARTS) is 1. The molecule has 0 saturated carbocycles. The Morgan fingerprint density at radius 2 is 1.83 bits per heavy atom. The van der Waals surface area contributed by atoms with Crippen LogP contribution in [0.3, 0.4) is 0 Å². The first-order valence-electron chi connectivity index (χ1n) is 8.46. The largest absolute Gasteiger partial charge is 0.481 e. The molecule has 0 aliphatic carbocycles. The molecule has 1 N–H and O–H groups in total. The summed E-state index contributed by atoms with van der Waals surface area (Å²) in [6.45, 7) is 3.02. The molecule has 0 spiro atoms. The van der Waals surface area contributed by atoms with Gasteiger partial charge in [0.1, 0.15) is 0 Å². The topological polar surface area (TPSA) is 59.3 Å². The number of carbonyl (C=O) groups is 2. The average molecular weight is 315 g/mol. The second-order valence-electron chi connectivity index (χ2n) is 5.97. The highest BCUT2D eigenvalue weighted by molar-refractivity contribution is 6.00. The normalized spacial score (nSPS) is 11.0. The molecule has 2 aromatic rings. The number of hydrogen-bond acceptors (Lipinski definition) is 2. The Hall–Kier alpha value is -2.10. The van der Waals surface area contributed by atoms with Gasteiger partial charge in [-0.25, -0.2) is 0 Å². The molecule has 0 radical (unpaired) electrons. The van der Waals surface area contributed by atoms with Crippen LogP contribution in [0.15, 0.2) is 30.3 Å². The maximum atomic E-state index is 12.5. The van der Waals surface area contributed by atoms with Crippen LogP contribution in [0.25, 0.3) is 10.9 Å². The molecular weight excluding hydrogens is 290 g/mol. The van der Waals surface area contributed by atoms with Gasteiger partial charge >= 0.3 is 5.97 Å². The Labute approximate surface area is 137 Å². The summed E-state index contributed by atoms with van der Waals surface area (Å²) in [5, 5.41) is 9.79. The van der Waals surface area contributed by atoms with Gasteiger partial charge < -0.3 is 9.67 Å². The van der Waals surface area contributed by atoms with Gasteiger partial charge in [-0.1, -0.05) is 44.4 Å². The maximum absolute atomic E-state index is 12.5. The van der Waals surface area contributed by atoms with Crippen LogP contribution in [0.5, 0.6) is 0 Å². The SMILES string of the molecule is CCCCCCn1c(C(=O)CCCC(=O)O)cc2ccccc21. The van der Waals surface area contributed by atoms with Crippen LogP contribution >= 0.6 is 0 Å². The van der Waals surface area contributed by atoms with Crippen molar-refractivity contribution in [3.05, 3.63) is 36.0 Å². The van der Waals surface area contributed by atoms with Crippen LogP contribution in [0.4, 0.5) is 0 Å². The average Bonchev–Trinajstić information content (AvgIpc) is 2.90. The minimum Gasteiger partial charge on any atom is -0.481 e. The molecule has 4 heteroatoms. The van der Waals surface area contributed by atoms with E-state index < -0.39 is 5.97 Å². The predicted octanol–water partition coefficient (Wildman–Crippen LogP) is 4.66. The zero-order valence-corrected chi connectivity index (χ0v) is 13.8. The number of unbranched alkanes of at least 4 members (excludes halogenated alkanes) is 3. The summed E-state index contributed by atoms with van der Waals surface area (Å²) in [5.74, 6) is -0.809. The molecule has 4 nitrogen and oxygen atoms in total. The number of carbonyl (C=O) groups excluding carboxylic acids is 1. The van der Waals surface area contributed by atoms with E-state index in [-0.39, 0.29) is 18.6 Å². The summed E-state index contributed by atoms with van der Waals surface area (Å²) in [5.41, 5.74) is 1.80. The smallest absolute Gasteiger partial charge is 0.303 e. The van der Waals surface area contributed by atoms with Crippen molar-refractivity contribution in [3.8, 4) is 0 Å². The van der Waals surface area contributed by atoms with Crippen molar-refractivity contribution in [1.82, 2.24) is 4.57 Å². The number of para-hydroxylation sites is 1. The van der Waals surface area contributed by atoms with Crippen LogP contribution in [-0.4, -0.2) is 21.4 Å². The van der Waals surface area contributed by atoms with Gasteiger partial charge in [-0.3, -0.25) is 9.59 Å². The molecule has 0 aliphatic heterocycles. The third kappa shape index (κ3) is 4.68. The standard InChI is InChI=1S/C19H25NO3/c1-2-3-4-7-13-20-16-10-6-5-9-15(16)14-17(20)18(21)11-8-12-19(22)23/h5-6,9-10,14H,2-4,7-8,11-13H2,1H3,(H,22,23). The Morgan fingerprint density at radius 1 is 1.04 bits per heavy atom. The molecular formula is C19H25NO3. The molecule has 0 fully saturated rings. The number of carboxylic acids is 1. The first-order valence-corrected chi connectivity index (χ1v) is 8.46. The number of aliphatic carboxylic acids is 1. The number of ketones is 1. The van der Waals surface area contributed by atoms with E-state index in [9.17, 15) is 9.59 Å². The lowest BCUT2D eigenvalue weighted by molar-refractivity contribution is -0.137. The molecule has 0 saturated heterocycles. The van der Waals surface area contributed by atoms with E-state index in [4.69, 9.17) is 5.11 Å². The van der Waals surface area contributed by atoms with Gasteiger partial charge in [0.2, 0.25) is 0 Å². The fourth-order valence-corrected chi connectivity index (χ4v) is 2.91. The van der Waals surface area contributed by atoms with Gasteiger partial charge in [0.05, 0.1) is 5.69 Å². The minimum absolute atomic E-state index is 0.0398. The predicted molar refractivity (Wildman–Crippen MR) is 91.9 cm³/mol. The van der Waals surface area contributed by atoms with Gasteiger partial charge in [0.25, 0.3) is 0 Å². The number of fused-ring (bicyclic) bond motifs is 1. The summed E-state index contributed by atoms with van der Waals surface area (Å²) >= 11 is 0. The van der Waals surface area contributed by atoms with Crippen molar-refractivity contribution >= 4 is 22.7 Å². The molecule has 2 rings (SSSR count). The Kier molecular flexibility index (Phi) is 6.39. The van der Waals surface area contributed by atoms with Crippen LogP contribution in [-0.2, 0) is 11.3 Å². The van der Waals surface area contributed by atoms with Gasteiger partial charge in [0.15, 0.2) is 5.78 Å². The molecule has 1 aromatic heterocycles. The van der Waals surface area contributed by atoms with Gasteiger partial charge in [-0.2, -0.15) is 0 Å². The summed E-state index contributed by atoms with van der Waals surface area (Å²) < 4.78 is 2.11. The Balaban J connectivity index is 2.16. The summed E-state index contributed by atoms with van der Waals surface area (Å²) in [4.78, 5) is 23.1. The third-order valence-electron chi connectivity index (χ3n) is 4.13. The number of aromatic nitrogens is 1. The van der Waals surface area contributed by atoms with E-state index in [1.807, 2.05) is 30.3 Å². The third-order valence-corrected chi connectivity index (χ3v) is 4.13. The highest BCUT2D eigenvalue weighted by Gasteiger charge is 2.15. The molecule has 0 unspecified atom stereocenters. The van der Waals surface area contributed by atoms with Crippen molar-refractivity contribution in [2.75, 3.05) is 0 Å². The van der Waals surface area contributed by atoms with Crippen molar-refractivity contribution in [3.63, 3.8) is 0 Å². The maximum Gasteiger partial charge on any atom is 0.303 e. The molecule has 0 amide bonds. The first-order chi connectivity index (χ1) is 11.1. The fourth-order valence-electron chi connectivity index (χ4n) is 2.91. The molecule has 0 atom stereocenters. The molecule has 23 heavy (non-hydrogen) atoms. The van der Waals surface area contributed by atoms with E-state index in [2.05, 4.69) is 11.5 Å². The van der Waals surface area contributed by atoms with Crippen LogP contribution < -0.4 is 0 Å². The second kappa shape index (κ2) is 8.51. The van der Waals surface area contributed by atoms with Crippen molar-refractivity contribution in [2.45, 2.75) is 58.4 Å². The summed E-state index contributed by atoms with van der Waals surface area (Å²) in [7, 11) is 0. The number of benzene rings is 1. The number of nitrogens with zero attached hydrogens (tertiary/aromatic N) is 1. The number of rotatable bonds is 10. The minimum atomic E-state index is -0.849. The van der Waals surface area contributed by atoms with Crippen molar-refractivity contribution < 1.29 is 14.7 Å². The molecule has 124 valence electrons. The summed E-state index contributed by atoms with van der Waals surface area (Å²) in [6, 6.07) is 9.97. The fraction of sp³-hybridized carbons (Fsp3) is 0.474. The highest BCUT2D eigenvalue weighted by Crippen LogP contribution is 2.22. The lowest BCUT2D eigenvalue weighted by Crippen LogP contribution is -2.10. The van der Waals surface area contributed by atoms with Crippen LogP contribution in [0.1, 0.15) is 62.4 Å². The van der Waals surface area contributed by atoms with E-state index >= 15 is 0 Å². The van der Waals surface area contributed by atoms with Gasteiger partial charge in [0, 0.05) is 30.3 Å². The first kappa shape index (κ1) is 17.3.